The van der Waals surface area contributed by atoms with Crippen LogP contribution >= 0.6 is 0 Å². The molecule has 0 radical (unpaired) electrons. The minimum absolute atomic E-state index is 0.152. The first-order valence-corrected chi connectivity index (χ1v) is 8.56. The molecular weight excluding hydrogens is 314 g/mol. The van der Waals surface area contributed by atoms with Crippen LogP contribution in [0.25, 0.3) is 0 Å². The van der Waals surface area contributed by atoms with Crippen LogP contribution in [0.2, 0.25) is 0 Å². The Labute approximate surface area is 149 Å². The molecule has 0 fully saturated rings. The van der Waals surface area contributed by atoms with E-state index in [-0.39, 0.29) is 5.91 Å². The molecule has 1 amide bonds. The number of carbonyl (C=O) groups is 1. The third-order valence-electron chi connectivity index (χ3n) is 5.04. The van der Waals surface area contributed by atoms with Crippen molar-refractivity contribution in [2.24, 2.45) is 0 Å². The summed E-state index contributed by atoms with van der Waals surface area (Å²) in [4.78, 5) is 15.1. The predicted molar refractivity (Wildman–Crippen MR) is 98.1 cm³/mol. The van der Waals surface area contributed by atoms with E-state index in [9.17, 15) is 4.79 Å². The number of ether oxygens (including phenoxy) is 2. The molecule has 132 valence electrons. The van der Waals surface area contributed by atoms with E-state index in [1.54, 1.807) is 14.2 Å². The summed E-state index contributed by atoms with van der Waals surface area (Å²) < 4.78 is 10.8. The molecule has 2 aromatic rings. The molecule has 0 N–H and O–H groups in total. The first kappa shape index (κ1) is 17.3. The summed E-state index contributed by atoms with van der Waals surface area (Å²) in [7, 11) is 3.28. The summed E-state index contributed by atoms with van der Waals surface area (Å²) in [6.45, 7) is 5.31. The SMILES string of the molecule is COc1cc2c(cc1OC)CN(C(=O)C(C)(C)c1ccccc1)CC2. The second-order valence-corrected chi connectivity index (χ2v) is 6.94. The average molecular weight is 339 g/mol. The highest BCUT2D eigenvalue weighted by Crippen LogP contribution is 2.34. The van der Waals surface area contributed by atoms with Crippen molar-refractivity contribution in [1.29, 1.82) is 0 Å². The Hall–Kier alpha value is -2.49. The lowest BCUT2D eigenvalue weighted by Crippen LogP contribution is -2.45. The normalized spacial score (nSPS) is 14.0. The standard InChI is InChI=1S/C21H25NO3/c1-21(2,17-8-6-5-7-9-17)20(23)22-11-10-15-12-18(24-3)19(25-4)13-16(15)14-22/h5-9,12-13H,10-11,14H2,1-4H3. The van der Waals surface area contributed by atoms with Gasteiger partial charge in [0.1, 0.15) is 0 Å². The minimum atomic E-state index is -0.546. The first-order chi connectivity index (χ1) is 12.0. The molecule has 4 heteroatoms. The number of hydrogen-bond acceptors (Lipinski definition) is 3. The Morgan fingerprint density at radius 3 is 2.20 bits per heavy atom. The van der Waals surface area contributed by atoms with Crippen molar-refractivity contribution in [1.82, 2.24) is 4.90 Å². The van der Waals surface area contributed by atoms with Gasteiger partial charge < -0.3 is 14.4 Å². The van der Waals surface area contributed by atoms with Gasteiger partial charge in [-0.25, -0.2) is 0 Å². The Morgan fingerprint density at radius 1 is 1.00 bits per heavy atom. The zero-order valence-corrected chi connectivity index (χ0v) is 15.3. The minimum Gasteiger partial charge on any atom is -0.493 e. The van der Waals surface area contributed by atoms with Crippen LogP contribution in [0.3, 0.4) is 0 Å². The van der Waals surface area contributed by atoms with Crippen molar-refractivity contribution in [2.45, 2.75) is 32.2 Å². The Bertz CT molecular complexity index is 768. The third-order valence-corrected chi connectivity index (χ3v) is 5.04. The molecule has 0 unspecified atom stereocenters. The van der Waals surface area contributed by atoms with Crippen LogP contribution in [0.5, 0.6) is 11.5 Å². The Balaban J connectivity index is 1.86. The van der Waals surface area contributed by atoms with Crippen LogP contribution in [0.4, 0.5) is 0 Å². The van der Waals surface area contributed by atoms with Gasteiger partial charge in [0.2, 0.25) is 5.91 Å². The van der Waals surface area contributed by atoms with Gasteiger partial charge in [-0.3, -0.25) is 4.79 Å². The Kier molecular flexibility index (Phi) is 4.71. The molecule has 1 aliphatic heterocycles. The fourth-order valence-corrected chi connectivity index (χ4v) is 3.43. The maximum atomic E-state index is 13.2. The molecule has 0 bridgehead atoms. The summed E-state index contributed by atoms with van der Waals surface area (Å²) in [6.07, 6.45) is 0.826. The van der Waals surface area contributed by atoms with E-state index in [1.807, 2.05) is 61.2 Å². The number of amides is 1. The van der Waals surface area contributed by atoms with Gasteiger partial charge in [-0.2, -0.15) is 0 Å². The molecule has 0 saturated heterocycles. The molecule has 0 atom stereocenters. The number of nitrogens with zero attached hydrogens (tertiary/aromatic N) is 1. The van der Waals surface area contributed by atoms with Crippen LogP contribution in [-0.2, 0) is 23.2 Å². The predicted octanol–water partition coefficient (Wildman–Crippen LogP) is 3.57. The third kappa shape index (κ3) is 3.21. The maximum Gasteiger partial charge on any atom is 0.232 e. The highest BCUT2D eigenvalue weighted by atomic mass is 16.5. The van der Waals surface area contributed by atoms with Crippen molar-refractivity contribution in [3.8, 4) is 11.5 Å². The van der Waals surface area contributed by atoms with E-state index in [2.05, 4.69) is 0 Å². The van der Waals surface area contributed by atoms with Crippen molar-refractivity contribution in [3.63, 3.8) is 0 Å². The van der Waals surface area contributed by atoms with E-state index in [4.69, 9.17) is 9.47 Å². The second kappa shape index (κ2) is 6.79. The van der Waals surface area contributed by atoms with E-state index in [0.717, 1.165) is 29.8 Å². The number of hydrogen-bond donors (Lipinski definition) is 0. The molecule has 0 aromatic heterocycles. The second-order valence-electron chi connectivity index (χ2n) is 6.94. The lowest BCUT2D eigenvalue weighted by Gasteiger charge is -2.35. The zero-order chi connectivity index (χ0) is 18.0. The zero-order valence-electron chi connectivity index (χ0n) is 15.3. The summed E-state index contributed by atoms with van der Waals surface area (Å²) >= 11 is 0. The van der Waals surface area contributed by atoms with Crippen molar-refractivity contribution < 1.29 is 14.3 Å². The lowest BCUT2D eigenvalue weighted by molar-refractivity contribution is -0.137. The van der Waals surface area contributed by atoms with E-state index < -0.39 is 5.41 Å². The number of rotatable bonds is 4. The fraction of sp³-hybridized carbons (Fsp3) is 0.381. The van der Waals surface area contributed by atoms with Gasteiger partial charge in [-0.15, -0.1) is 0 Å². The van der Waals surface area contributed by atoms with Crippen LogP contribution < -0.4 is 9.47 Å². The van der Waals surface area contributed by atoms with Gasteiger partial charge in [0.25, 0.3) is 0 Å². The number of carbonyl (C=O) groups excluding carboxylic acids is 1. The molecule has 2 aromatic carbocycles. The molecule has 1 aliphatic rings. The lowest BCUT2D eigenvalue weighted by atomic mass is 9.82. The molecule has 0 spiro atoms. The van der Waals surface area contributed by atoms with E-state index >= 15 is 0 Å². The van der Waals surface area contributed by atoms with Gasteiger partial charge in [-0.1, -0.05) is 30.3 Å². The topological polar surface area (TPSA) is 38.8 Å². The molecule has 4 nitrogen and oxygen atoms in total. The summed E-state index contributed by atoms with van der Waals surface area (Å²) in [5.41, 5.74) is 2.84. The number of fused-ring (bicyclic) bond motifs is 1. The van der Waals surface area contributed by atoms with Crippen molar-refractivity contribution in [2.75, 3.05) is 20.8 Å². The average Bonchev–Trinajstić information content (AvgIpc) is 2.66. The van der Waals surface area contributed by atoms with Gasteiger partial charge in [-0.05, 0) is 49.1 Å². The smallest absolute Gasteiger partial charge is 0.232 e. The van der Waals surface area contributed by atoms with Gasteiger partial charge >= 0.3 is 0 Å². The van der Waals surface area contributed by atoms with Crippen molar-refractivity contribution in [3.05, 3.63) is 59.2 Å². The molecule has 0 saturated carbocycles. The highest BCUT2D eigenvalue weighted by Gasteiger charge is 2.35. The molecule has 0 aliphatic carbocycles. The Morgan fingerprint density at radius 2 is 1.60 bits per heavy atom. The van der Waals surface area contributed by atoms with E-state index in [0.29, 0.717) is 12.3 Å². The van der Waals surface area contributed by atoms with E-state index in [1.165, 1.54) is 5.56 Å². The van der Waals surface area contributed by atoms with Crippen LogP contribution in [0, 0.1) is 0 Å². The molecular formula is C21H25NO3. The van der Waals surface area contributed by atoms with Crippen LogP contribution in [0.1, 0.15) is 30.5 Å². The summed E-state index contributed by atoms with van der Waals surface area (Å²) in [5, 5.41) is 0. The van der Waals surface area contributed by atoms with Gasteiger partial charge in [0.15, 0.2) is 11.5 Å². The number of methoxy groups -OCH3 is 2. The fourth-order valence-electron chi connectivity index (χ4n) is 3.43. The molecule has 25 heavy (non-hydrogen) atoms. The van der Waals surface area contributed by atoms with Crippen molar-refractivity contribution >= 4 is 5.91 Å². The summed E-state index contributed by atoms with van der Waals surface area (Å²) in [5.74, 6) is 1.60. The van der Waals surface area contributed by atoms with Gasteiger partial charge in [0.05, 0.1) is 19.6 Å². The van der Waals surface area contributed by atoms with Crippen LogP contribution in [-0.4, -0.2) is 31.6 Å². The maximum absolute atomic E-state index is 13.2. The first-order valence-electron chi connectivity index (χ1n) is 8.56. The quantitative estimate of drug-likeness (QED) is 0.855. The summed E-state index contributed by atoms with van der Waals surface area (Å²) in [6, 6.07) is 14.0. The monoisotopic (exact) mass is 339 g/mol. The number of benzene rings is 2. The molecule has 1 heterocycles. The highest BCUT2D eigenvalue weighted by molar-refractivity contribution is 5.87. The van der Waals surface area contributed by atoms with Crippen LogP contribution in [0.15, 0.2) is 42.5 Å². The molecule has 3 rings (SSSR count). The van der Waals surface area contributed by atoms with Gasteiger partial charge in [0, 0.05) is 13.1 Å². The largest absolute Gasteiger partial charge is 0.493 e.